The molecule has 0 saturated heterocycles. The standard InChI is InChI=1S/C23H23N5O3S2/c1-32-16-14-20(22-26-25-21-9-5-6-15-28(21)22)24-23(29)17-10-12-18(13-11-17)27-33(30,31)19-7-3-2-4-8-19/h2-13,15,20,27H,14,16H2,1H3,(H,24,29). The number of anilines is 1. The molecule has 33 heavy (non-hydrogen) atoms. The highest BCUT2D eigenvalue weighted by Crippen LogP contribution is 2.20. The van der Waals surface area contributed by atoms with Gasteiger partial charge in [-0.2, -0.15) is 11.8 Å². The van der Waals surface area contributed by atoms with Crippen LogP contribution in [0.3, 0.4) is 0 Å². The van der Waals surface area contributed by atoms with E-state index in [0.29, 0.717) is 29.1 Å². The molecule has 1 unspecified atom stereocenters. The molecular formula is C23H23N5O3S2. The quantitative estimate of drug-likeness (QED) is 0.377. The Morgan fingerprint density at radius 3 is 2.45 bits per heavy atom. The minimum absolute atomic E-state index is 0.170. The first kappa shape index (κ1) is 22.8. The smallest absolute Gasteiger partial charge is 0.261 e. The Balaban J connectivity index is 1.49. The number of thioether (sulfide) groups is 1. The number of hydrogen-bond donors (Lipinski definition) is 2. The Hall–Kier alpha value is -3.37. The van der Waals surface area contributed by atoms with E-state index in [2.05, 4.69) is 20.2 Å². The number of carbonyl (C=O) groups excluding carboxylic acids is 1. The van der Waals surface area contributed by atoms with Gasteiger partial charge in [0.25, 0.3) is 15.9 Å². The van der Waals surface area contributed by atoms with Crippen LogP contribution in [0.1, 0.15) is 28.6 Å². The van der Waals surface area contributed by atoms with Gasteiger partial charge in [0.2, 0.25) is 0 Å². The fraction of sp³-hybridized carbons (Fsp3) is 0.174. The Labute approximate surface area is 196 Å². The van der Waals surface area contributed by atoms with Gasteiger partial charge in [-0.3, -0.25) is 13.9 Å². The summed E-state index contributed by atoms with van der Waals surface area (Å²) < 4.78 is 29.4. The number of carbonyl (C=O) groups is 1. The number of amides is 1. The van der Waals surface area contributed by atoms with Crippen molar-refractivity contribution < 1.29 is 13.2 Å². The van der Waals surface area contributed by atoms with E-state index in [1.807, 2.05) is 35.1 Å². The van der Waals surface area contributed by atoms with Gasteiger partial charge in [-0.25, -0.2) is 8.42 Å². The van der Waals surface area contributed by atoms with Gasteiger partial charge in [-0.15, -0.1) is 10.2 Å². The first-order valence-electron chi connectivity index (χ1n) is 10.3. The number of sulfonamides is 1. The summed E-state index contributed by atoms with van der Waals surface area (Å²) in [5.74, 6) is 1.24. The second kappa shape index (κ2) is 10.1. The van der Waals surface area contributed by atoms with Crippen LogP contribution < -0.4 is 10.0 Å². The van der Waals surface area contributed by atoms with Gasteiger partial charge >= 0.3 is 0 Å². The van der Waals surface area contributed by atoms with Crippen molar-refractivity contribution in [3.05, 3.63) is 90.4 Å². The molecule has 0 saturated carbocycles. The minimum atomic E-state index is -3.70. The second-order valence-corrected chi connectivity index (χ2v) is 9.96. The molecule has 4 aromatic rings. The zero-order chi connectivity index (χ0) is 23.3. The van der Waals surface area contributed by atoms with Crippen molar-refractivity contribution in [2.45, 2.75) is 17.4 Å². The third-order valence-electron chi connectivity index (χ3n) is 5.02. The van der Waals surface area contributed by atoms with Gasteiger partial charge in [-0.05, 0) is 67.0 Å². The summed E-state index contributed by atoms with van der Waals surface area (Å²) in [4.78, 5) is 13.1. The van der Waals surface area contributed by atoms with E-state index in [9.17, 15) is 13.2 Å². The highest BCUT2D eigenvalue weighted by atomic mass is 32.2. The maximum Gasteiger partial charge on any atom is 0.261 e. The first-order chi connectivity index (χ1) is 16.0. The lowest BCUT2D eigenvalue weighted by atomic mass is 10.1. The number of pyridine rings is 1. The van der Waals surface area contributed by atoms with Crippen LogP contribution in [0, 0.1) is 0 Å². The van der Waals surface area contributed by atoms with E-state index in [1.54, 1.807) is 54.2 Å². The lowest BCUT2D eigenvalue weighted by molar-refractivity contribution is 0.0934. The molecule has 170 valence electrons. The highest BCUT2D eigenvalue weighted by Gasteiger charge is 2.21. The van der Waals surface area contributed by atoms with Crippen LogP contribution in [0.5, 0.6) is 0 Å². The van der Waals surface area contributed by atoms with Crippen LogP contribution >= 0.6 is 11.8 Å². The monoisotopic (exact) mass is 481 g/mol. The number of rotatable bonds is 9. The summed E-state index contributed by atoms with van der Waals surface area (Å²) in [6, 6.07) is 19.7. The van der Waals surface area contributed by atoms with Crippen LogP contribution in [0.2, 0.25) is 0 Å². The molecule has 0 fully saturated rings. The van der Waals surface area contributed by atoms with E-state index in [-0.39, 0.29) is 16.8 Å². The zero-order valence-corrected chi connectivity index (χ0v) is 19.5. The topological polar surface area (TPSA) is 105 Å². The largest absolute Gasteiger partial charge is 0.342 e. The molecule has 2 N–H and O–H groups in total. The molecule has 10 heteroatoms. The van der Waals surface area contributed by atoms with Crippen molar-refractivity contribution in [1.82, 2.24) is 19.9 Å². The zero-order valence-electron chi connectivity index (χ0n) is 17.9. The van der Waals surface area contributed by atoms with Crippen molar-refractivity contribution in [2.24, 2.45) is 0 Å². The highest BCUT2D eigenvalue weighted by molar-refractivity contribution is 7.98. The first-order valence-corrected chi connectivity index (χ1v) is 13.1. The van der Waals surface area contributed by atoms with Gasteiger partial charge in [0.1, 0.15) is 0 Å². The van der Waals surface area contributed by atoms with Crippen molar-refractivity contribution in [2.75, 3.05) is 16.7 Å². The van der Waals surface area contributed by atoms with Gasteiger partial charge in [-0.1, -0.05) is 24.3 Å². The third-order valence-corrected chi connectivity index (χ3v) is 7.06. The number of hydrogen-bond acceptors (Lipinski definition) is 6. The molecule has 0 radical (unpaired) electrons. The Morgan fingerprint density at radius 1 is 1.00 bits per heavy atom. The lowest BCUT2D eigenvalue weighted by Crippen LogP contribution is -2.30. The van der Waals surface area contributed by atoms with Crippen molar-refractivity contribution in [3.8, 4) is 0 Å². The van der Waals surface area contributed by atoms with E-state index in [1.165, 1.54) is 12.1 Å². The molecule has 8 nitrogen and oxygen atoms in total. The van der Waals surface area contributed by atoms with Crippen LogP contribution in [-0.2, 0) is 10.0 Å². The average molecular weight is 482 g/mol. The summed E-state index contributed by atoms with van der Waals surface area (Å²) in [5, 5.41) is 11.5. The molecular weight excluding hydrogens is 458 g/mol. The molecule has 0 aliphatic carbocycles. The van der Waals surface area contributed by atoms with Crippen LogP contribution in [-0.4, -0.2) is 40.9 Å². The summed E-state index contributed by atoms with van der Waals surface area (Å²) in [5.41, 5.74) is 1.50. The molecule has 0 bridgehead atoms. The van der Waals surface area contributed by atoms with E-state index < -0.39 is 10.0 Å². The molecule has 2 heterocycles. The summed E-state index contributed by atoms with van der Waals surface area (Å²) in [6.07, 6.45) is 4.57. The predicted octanol–water partition coefficient (Wildman–Crippen LogP) is 3.75. The average Bonchev–Trinajstić information content (AvgIpc) is 3.26. The summed E-state index contributed by atoms with van der Waals surface area (Å²) in [6.45, 7) is 0. The van der Waals surface area contributed by atoms with Crippen LogP contribution in [0.25, 0.3) is 5.65 Å². The number of aromatic nitrogens is 3. The predicted molar refractivity (Wildman–Crippen MR) is 130 cm³/mol. The van der Waals surface area contributed by atoms with Gasteiger partial charge in [0.15, 0.2) is 11.5 Å². The summed E-state index contributed by atoms with van der Waals surface area (Å²) in [7, 11) is -3.70. The minimum Gasteiger partial charge on any atom is -0.342 e. The number of benzene rings is 2. The van der Waals surface area contributed by atoms with E-state index >= 15 is 0 Å². The molecule has 2 aromatic heterocycles. The molecule has 1 amide bonds. The molecule has 0 aliphatic heterocycles. The molecule has 0 spiro atoms. The maximum atomic E-state index is 13.0. The van der Waals surface area contributed by atoms with Crippen molar-refractivity contribution >= 4 is 39.0 Å². The van der Waals surface area contributed by atoms with Crippen LogP contribution in [0.4, 0.5) is 5.69 Å². The van der Waals surface area contributed by atoms with Crippen molar-refractivity contribution in [1.29, 1.82) is 0 Å². The van der Waals surface area contributed by atoms with Gasteiger partial charge in [0.05, 0.1) is 10.9 Å². The van der Waals surface area contributed by atoms with E-state index in [4.69, 9.17) is 0 Å². The number of nitrogens with zero attached hydrogens (tertiary/aromatic N) is 3. The normalized spacial score (nSPS) is 12.4. The van der Waals surface area contributed by atoms with Crippen LogP contribution in [0.15, 0.2) is 83.9 Å². The molecule has 2 aromatic carbocycles. The lowest BCUT2D eigenvalue weighted by Gasteiger charge is -2.17. The van der Waals surface area contributed by atoms with Gasteiger partial charge < -0.3 is 5.32 Å². The fourth-order valence-electron chi connectivity index (χ4n) is 3.34. The molecule has 0 aliphatic rings. The Kier molecular flexibility index (Phi) is 6.95. The third kappa shape index (κ3) is 5.35. The van der Waals surface area contributed by atoms with Gasteiger partial charge in [0, 0.05) is 17.4 Å². The number of fused-ring (bicyclic) bond motifs is 1. The summed E-state index contributed by atoms with van der Waals surface area (Å²) >= 11 is 1.69. The fourth-order valence-corrected chi connectivity index (χ4v) is 4.90. The SMILES string of the molecule is CSCCC(NC(=O)c1ccc(NS(=O)(=O)c2ccccc2)cc1)c1nnc2ccccn12. The maximum absolute atomic E-state index is 13.0. The number of nitrogens with one attached hydrogen (secondary N) is 2. The van der Waals surface area contributed by atoms with Crippen molar-refractivity contribution in [3.63, 3.8) is 0 Å². The Bertz CT molecular complexity index is 1340. The van der Waals surface area contributed by atoms with E-state index in [0.717, 1.165) is 5.75 Å². The molecule has 1 atom stereocenters. The molecule has 4 rings (SSSR count). The second-order valence-electron chi connectivity index (χ2n) is 7.29. The Morgan fingerprint density at radius 2 is 1.73 bits per heavy atom.